The van der Waals surface area contributed by atoms with E-state index in [1.807, 2.05) is 0 Å². The number of rotatable bonds is 2. The summed E-state index contributed by atoms with van der Waals surface area (Å²) >= 11 is 0. The van der Waals surface area contributed by atoms with Crippen LogP contribution >= 0.6 is 0 Å². The third kappa shape index (κ3) is 13.2. The third-order valence-electron chi connectivity index (χ3n) is 29.3. The van der Waals surface area contributed by atoms with Crippen LogP contribution in [0.1, 0.15) is 51.4 Å². The molecule has 49 heteroatoms. The van der Waals surface area contributed by atoms with Gasteiger partial charge in [-0.3, -0.25) is 74.4 Å². The van der Waals surface area contributed by atoms with Crippen molar-refractivity contribution in [1.82, 2.24) is 84.7 Å². The van der Waals surface area contributed by atoms with Crippen molar-refractivity contribution in [2.24, 2.45) is 94.7 Å². The summed E-state index contributed by atoms with van der Waals surface area (Å²) in [5, 5.41) is 33.9. The molecule has 8 saturated carbocycles. The van der Waals surface area contributed by atoms with Gasteiger partial charge in [0, 0.05) is 71.0 Å². The van der Waals surface area contributed by atoms with Crippen LogP contribution in [0.5, 0.6) is 0 Å². The molecule has 14 N–H and O–H groups in total. The van der Waals surface area contributed by atoms with E-state index in [-0.39, 0.29) is 29.7 Å². The van der Waals surface area contributed by atoms with Gasteiger partial charge in [0.05, 0.1) is 109 Å². The van der Waals surface area contributed by atoms with Gasteiger partial charge < -0.3 is 9.11 Å². The van der Waals surface area contributed by atoms with Gasteiger partial charge in [0.15, 0.2) is 74.1 Å². The Balaban J connectivity index is 0.000000169. The van der Waals surface area contributed by atoms with Crippen molar-refractivity contribution in [2.45, 2.75) is 296 Å². The van der Waals surface area contributed by atoms with Crippen molar-refractivity contribution in [3.05, 3.63) is 0 Å². The molecule has 0 radical (unpaired) electrons. The molecule has 18 fully saturated rings. The molecule has 10 saturated heterocycles. The van der Waals surface area contributed by atoms with Gasteiger partial charge in [0.2, 0.25) is 0 Å². The minimum Gasteiger partial charge on any atom is -0.748 e. The van der Waals surface area contributed by atoms with E-state index in [0.717, 1.165) is 0 Å². The maximum absolute atomic E-state index is 16.8. The number of hydrogen-bond acceptors (Lipinski definition) is 22. The molecule has 0 aromatic heterocycles. The Morgan fingerprint density at radius 3 is 0.584 bits per heavy atom. The van der Waals surface area contributed by atoms with E-state index in [9.17, 15) is 25.9 Å². The van der Waals surface area contributed by atoms with Crippen LogP contribution in [0, 0.1) is 94.7 Å². The van der Waals surface area contributed by atoms with Crippen molar-refractivity contribution >= 4 is 20.2 Å². The van der Waals surface area contributed by atoms with Crippen molar-refractivity contribution in [2.75, 3.05) is 0 Å². The van der Waals surface area contributed by atoms with Crippen LogP contribution in [0.15, 0.2) is 0 Å². The van der Waals surface area contributed by atoms with Crippen LogP contribution < -0.4 is 74.4 Å². The van der Waals surface area contributed by atoms with Gasteiger partial charge in [-0.05, 0) is 49.4 Å². The predicted octanol–water partition coefficient (Wildman–Crippen LogP) is 2.31. The summed E-state index contributed by atoms with van der Waals surface area (Å²) in [5.41, 5.74) is 0. The maximum atomic E-state index is 16.8. The zero-order valence-corrected chi connectivity index (χ0v) is 63.5. The first kappa shape index (κ1) is 84.7. The van der Waals surface area contributed by atoms with E-state index < -0.39 is 360 Å². The Hall–Kier alpha value is -1.88. The van der Waals surface area contributed by atoms with E-state index in [1.54, 1.807) is 0 Å². The summed E-state index contributed by atoms with van der Waals surface area (Å²) in [5.74, 6) is -25.0. The fourth-order valence-corrected chi connectivity index (χ4v) is 26.9. The zero-order valence-electron chi connectivity index (χ0n) is 58.9. The summed E-state index contributed by atoms with van der Waals surface area (Å²) in [4.78, 5) is 0. The first-order chi connectivity index (χ1) is 52.8. The monoisotopic (exact) mass is 1760 g/mol. The second-order valence-corrected chi connectivity index (χ2v) is 37.4. The van der Waals surface area contributed by atoms with Crippen molar-refractivity contribution in [3.8, 4) is 0 Å². The fourth-order valence-electron chi connectivity index (χ4n) is 24.5. The fraction of sp³-hybridized carbons (Fsp3) is 1.00. The Labute approximate surface area is 644 Å². The predicted molar refractivity (Wildman–Crippen MR) is 338 cm³/mol. The molecule has 0 aromatic carbocycles. The number of halogens is 24. The Kier molecular flexibility index (Phi) is 23.1. The number of fused-ring (bicyclic) bond motifs is 40. The Bertz CT molecular complexity index is 3450. The average molecular weight is 1760 g/mol. The molecule has 8 aliphatic carbocycles. The Morgan fingerprint density at radius 2 is 0.363 bits per heavy atom. The molecule has 10 aliphatic heterocycles. The molecule has 56 unspecified atom stereocenters. The first-order valence-electron chi connectivity index (χ1n) is 38.4. The van der Waals surface area contributed by atoms with Crippen molar-refractivity contribution in [3.63, 3.8) is 0 Å². The summed E-state index contributed by atoms with van der Waals surface area (Å²) in [7, 11) is -11.4. The second kappa shape index (κ2) is 30.9. The third-order valence-corrected chi connectivity index (χ3v) is 31.8. The van der Waals surface area contributed by atoms with Crippen LogP contribution in [0.25, 0.3) is 0 Å². The molecule has 10 heterocycles. The van der Waals surface area contributed by atoms with Gasteiger partial charge in [-0.15, -0.1) is 19.2 Å². The van der Waals surface area contributed by atoms with Crippen LogP contribution in [0.4, 0.5) is 106 Å². The molecule has 18 aliphatic rings. The number of nitrogens with zero attached hydrogens (tertiary/aromatic N) is 2. The van der Waals surface area contributed by atoms with Crippen LogP contribution in [-0.4, -0.2) is 281 Å². The van der Waals surface area contributed by atoms with Crippen molar-refractivity contribution < 1.29 is 151 Å². The SMILES string of the molecule is O=S(=O)([O-])C1C(F)C(F)C(F)C2C3NC4NC(NC5C6C(F)C(F)C(F)C(F)C6C(NC6NC(NC(N3)C21)C1CCCCC61)N5F)C1C(F)C(F)C(F)C(F)C41.O=S(=O)([O-])C1C(F)C(F)C(F)C2C3NC4NC(NC5C6C(F)C(F)C(F)C(F)C6C(NC6NC(NC(N3)C21)C1CCCCC61)N5F)C1C(F)C(F)C(F)C(F)C41.[Zn+2]. The molecule has 0 aromatic rings. The number of nitrogens with one attached hydrogen (secondary N) is 14. The number of alkyl halides is 22. The van der Waals surface area contributed by atoms with E-state index in [4.69, 9.17) is 0 Å². The molecule has 18 rings (SSSR count). The molecule has 56 atom stereocenters. The van der Waals surface area contributed by atoms with E-state index in [0.29, 0.717) is 51.4 Å². The average Bonchev–Trinajstić information content (AvgIpc) is 1.59. The first-order valence-corrected chi connectivity index (χ1v) is 41.3. The summed E-state index contributed by atoms with van der Waals surface area (Å²) < 4.78 is 450. The molecule has 113 heavy (non-hydrogen) atoms. The van der Waals surface area contributed by atoms with E-state index in [2.05, 4.69) is 74.4 Å². The van der Waals surface area contributed by atoms with E-state index >= 15 is 106 Å². The zero-order chi connectivity index (χ0) is 80.0. The standard InChI is InChI=1S/2C32H44F12N8O3S.Zn/c2*33-13-7-8(14(34)19(39)18(13)38)29-48-27(7)47-28-9-12(24(56(53,54)55)23(43)22(42)15(9)35)30(49-28)46-25-5-3-1-2-4-6(5)26(45-25)50-31-10-11(32(51-29)52(31)44)17(37)21(41)20(40)16(10)36;/h2*5-32,45-51H,1-4H2,(H,53,54,55);/q;;+2/p-2. The summed E-state index contributed by atoms with van der Waals surface area (Å²) in [6.45, 7) is 0. The molecular formula is C64H86F24N16O6S2Zn. The normalized spacial score (nSPS) is 60.8. The van der Waals surface area contributed by atoms with Crippen LogP contribution in [0.3, 0.4) is 0 Å². The van der Waals surface area contributed by atoms with Crippen molar-refractivity contribution in [1.29, 1.82) is 0 Å². The largest absolute Gasteiger partial charge is 2.00 e. The molecular weight excluding hydrogens is 1670 g/mol. The topological polar surface area (TPSA) is 289 Å². The smallest absolute Gasteiger partial charge is 0.748 e. The van der Waals surface area contributed by atoms with Gasteiger partial charge in [0.25, 0.3) is 0 Å². The molecule has 16 bridgehead atoms. The second-order valence-electron chi connectivity index (χ2n) is 34.4. The van der Waals surface area contributed by atoms with Crippen LogP contribution in [0.2, 0.25) is 0 Å². The summed E-state index contributed by atoms with van der Waals surface area (Å²) in [6.07, 6.45) is -86.3. The van der Waals surface area contributed by atoms with Gasteiger partial charge in [0.1, 0.15) is 82.0 Å². The van der Waals surface area contributed by atoms with E-state index in [1.165, 1.54) is 0 Å². The van der Waals surface area contributed by atoms with Gasteiger partial charge >= 0.3 is 19.5 Å². The minimum absolute atomic E-state index is 0. The van der Waals surface area contributed by atoms with Gasteiger partial charge in [-0.1, -0.05) is 25.7 Å². The number of hydrogen-bond donors (Lipinski definition) is 14. The molecule has 22 nitrogen and oxygen atoms in total. The Morgan fingerprint density at radius 1 is 0.212 bits per heavy atom. The van der Waals surface area contributed by atoms with Gasteiger partial charge in [-0.25, -0.2) is 113 Å². The summed E-state index contributed by atoms with van der Waals surface area (Å²) in [6, 6.07) is 0. The quantitative estimate of drug-likeness (QED) is 0.0817. The van der Waals surface area contributed by atoms with Crippen LogP contribution in [-0.2, 0) is 39.7 Å². The molecule has 0 amide bonds. The van der Waals surface area contributed by atoms with Gasteiger partial charge in [-0.2, -0.15) is 0 Å². The molecule has 0 spiro atoms. The molecule has 640 valence electrons. The minimum atomic E-state index is -5.71. The maximum Gasteiger partial charge on any atom is 2.00 e.